The fraction of sp³-hybridized carbons (Fsp3) is 0.200. The standard InChI is InChI=1S/C10H10BrFN4/c11-8-1-2-9(12)7(3-8)4-13-5-10-14-6-15-16-10/h1-3,6,13H,4-5H2,(H,14,15,16). The summed E-state index contributed by atoms with van der Waals surface area (Å²) in [6.45, 7) is 0.984. The lowest BCUT2D eigenvalue weighted by molar-refractivity contribution is 0.583. The Kier molecular flexibility index (Phi) is 3.63. The first-order chi connectivity index (χ1) is 7.75. The van der Waals surface area contributed by atoms with Crippen LogP contribution in [0.15, 0.2) is 29.0 Å². The van der Waals surface area contributed by atoms with E-state index in [-0.39, 0.29) is 5.82 Å². The van der Waals surface area contributed by atoms with Crippen molar-refractivity contribution in [2.75, 3.05) is 0 Å². The van der Waals surface area contributed by atoms with Crippen molar-refractivity contribution in [2.24, 2.45) is 0 Å². The van der Waals surface area contributed by atoms with Gasteiger partial charge < -0.3 is 5.32 Å². The summed E-state index contributed by atoms with van der Waals surface area (Å²) in [6.07, 6.45) is 1.44. The highest BCUT2D eigenvalue weighted by Gasteiger charge is 2.02. The van der Waals surface area contributed by atoms with Crippen LogP contribution < -0.4 is 5.32 Å². The summed E-state index contributed by atoms with van der Waals surface area (Å²) < 4.78 is 14.2. The third-order valence-electron chi connectivity index (χ3n) is 2.08. The molecule has 1 aromatic carbocycles. The molecule has 2 N–H and O–H groups in total. The number of nitrogens with zero attached hydrogens (tertiary/aromatic N) is 2. The van der Waals surface area contributed by atoms with Crippen molar-refractivity contribution in [2.45, 2.75) is 13.1 Å². The van der Waals surface area contributed by atoms with Crippen molar-refractivity contribution >= 4 is 15.9 Å². The van der Waals surface area contributed by atoms with E-state index in [1.165, 1.54) is 12.4 Å². The highest BCUT2D eigenvalue weighted by molar-refractivity contribution is 9.10. The summed E-state index contributed by atoms with van der Waals surface area (Å²) in [5.74, 6) is 0.517. The van der Waals surface area contributed by atoms with Crippen LogP contribution in [0.1, 0.15) is 11.4 Å². The van der Waals surface area contributed by atoms with Crippen molar-refractivity contribution in [3.63, 3.8) is 0 Å². The van der Waals surface area contributed by atoms with Crippen LogP contribution in [0.2, 0.25) is 0 Å². The third kappa shape index (κ3) is 2.86. The molecule has 0 aliphatic rings. The van der Waals surface area contributed by atoms with Gasteiger partial charge in [0.1, 0.15) is 18.0 Å². The predicted molar refractivity (Wildman–Crippen MR) is 61.0 cm³/mol. The van der Waals surface area contributed by atoms with Crippen LogP contribution in [0, 0.1) is 5.82 Å². The largest absolute Gasteiger partial charge is 0.306 e. The summed E-state index contributed by atoms with van der Waals surface area (Å²) in [4.78, 5) is 3.96. The lowest BCUT2D eigenvalue weighted by Crippen LogP contribution is -2.14. The van der Waals surface area contributed by atoms with Crippen LogP contribution >= 0.6 is 15.9 Å². The topological polar surface area (TPSA) is 53.6 Å². The van der Waals surface area contributed by atoms with E-state index >= 15 is 0 Å². The fourth-order valence-corrected chi connectivity index (χ4v) is 1.72. The number of aromatic amines is 1. The van der Waals surface area contributed by atoms with Crippen LogP contribution in [-0.4, -0.2) is 15.2 Å². The first-order valence-corrected chi connectivity index (χ1v) is 5.54. The van der Waals surface area contributed by atoms with Crippen LogP contribution in [-0.2, 0) is 13.1 Å². The van der Waals surface area contributed by atoms with E-state index in [1.54, 1.807) is 12.1 Å². The molecule has 84 valence electrons. The van der Waals surface area contributed by atoms with Crippen molar-refractivity contribution in [1.29, 1.82) is 0 Å². The second-order valence-electron chi connectivity index (χ2n) is 3.27. The summed E-state index contributed by atoms with van der Waals surface area (Å²) >= 11 is 3.30. The zero-order valence-corrected chi connectivity index (χ0v) is 9.96. The molecule has 0 amide bonds. The minimum absolute atomic E-state index is 0.215. The number of benzene rings is 1. The van der Waals surface area contributed by atoms with Crippen LogP contribution in [0.25, 0.3) is 0 Å². The Bertz CT molecular complexity index is 458. The van der Waals surface area contributed by atoms with E-state index in [0.717, 1.165) is 10.3 Å². The quantitative estimate of drug-likeness (QED) is 0.903. The Hall–Kier alpha value is -1.27. The fourth-order valence-electron chi connectivity index (χ4n) is 1.31. The van der Waals surface area contributed by atoms with E-state index < -0.39 is 0 Å². The van der Waals surface area contributed by atoms with Crippen LogP contribution in [0.3, 0.4) is 0 Å². The molecule has 0 saturated heterocycles. The van der Waals surface area contributed by atoms with Gasteiger partial charge in [-0.15, -0.1) is 0 Å². The Morgan fingerprint density at radius 3 is 3.00 bits per heavy atom. The van der Waals surface area contributed by atoms with Crippen molar-refractivity contribution in [3.05, 3.63) is 46.2 Å². The Morgan fingerprint density at radius 2 is 2.25 bits per heavy atom. The molecule has 0 fully saturated rings. The number of aromatic nitrogens is 3. The number of hydrogen-bond donors (Lipinski definition) is 2. The second kappa shape index (κ2) is 5.18. The summed E-state index contributed by atoms with van der Waals surface area (Å²) in [6, 6.07) is 4.87. The van der Waals surface area contributed by atoms with E-state index in [2.05, 4.69) is 36.4 Å². The molecule has 0 radical (unpaired) electrons. The molecule has 6 heteroatoms. The van der Waals surface area contributed by atoms with Gasteiger partial charge in [-0.25, -0.2) is 9.37 Å². The van der Waals surface area contributed by atoms with E-state index in [1.807, 2.05) is 0 Å². The summed E-state index contributed by atoms with van der Waals surface area (Å²) in [5, 5.41) is 9.52. The molecule has 0 saturated carbocycles. The maximum absolute atomic E-state index is 13.3. The molecule has 0 bridgehead atoms. The molecule has 4 nitrogen and oxygen atoms in total. The monoisotopic (exact) mass is 284 g/mol. The van der Waals surface area contributed by atoms with Crippen molar-refractivity contribution in [1.82, 2.24) is 20.5 Å². The van der Waals surface area contributed by atoms with Gasteiger partial charge in [0.25, 0.3) is 0 Å². The van der Waals surface area contributed by atoms with E-state index in [4.69, 9.17) is 0 Å². The minimum atomic E-state index is -0.215. The first kappa shape index (κ1) is 11.2. The molecule has 16 heavy (non-hydrogen) atoms. The number of halogens is 2. The highest BCUT2D eigenvalue weighted by Crippen LogP contribution is 2.15. The van der Waals surface area contributed by atoms with Gasteiger partial charge in [0.2, 0.25) is 0 Å². The zero-order chi connectivity index (χ0) is 11.4. The van der Waals surface area contributed by atoms with Gasteiger partial charge in [-0.3, -0.25) is 5.10 Å². The summed E-state index contributed by atoms with van der Waals surface area (Å²) in [7, 11) is 0. The number of H-pyrrole nitrogens is 1. The minimum Gasteiger partial charge on any atom is -0.306 e. The van der Waals surface area contributed by atoms with Gasteiger partial charge in [-0.2, -0.15) is 5.10 Å². The smallest absolute Gasteiger partial charge is 0.138 e. The maximum Gasteiger partial charge on any atom is 0.138 e. The normalized spacial score (nSPS) is 10.6. The van der Waals surface area contributed by atoms with Gasteiger partial charge in [-0.1, -0.05) is 15.9 Å². The Balaban J connectivity index is 1.92. The molecule has 1 heterocycles. The van der Waals surface area contributed by atoms with Gasteiger partial charge >= 0.3 is 0 Å². The predicted octanol–water partition coefficient (Wildman–Crippen LogP) is 2.00. The molecule has 1 aromatic heterocycles. The highest BCUT2D eigenvalue weighted by atomic mass is 79.9. The van der Waals surface area contributed by atoms with Crippen LogP contribution in [0.5, 0.6) is 0 Å². The number of rotatable bonds is 4. The summed E-state index contributed by atoms with van der Waals surface area (Å²) in [5.41, 5.74) is 0.619. The molecule has 0 aliphatic carbocycles. The lowest BCUT2D eigenvalue weighted by Gasteiger charge is -2.04. The molecule has 0 atom stereocenters. The number of nitrogens with one attached hydrogen (secondary N) is 2. The first-order valence-electron chi connectivity index (χ1n) is 4.74. The average Bonchev–Trinajstić information content (AvgIpc) is 2.76. The molecule has 0 spiro atoms. The van der Waals surface area contributed by atoms with Gasteiger partial charge in [0.15, 0.2) is 0 Å². The zero-order valence-electron chi connectivity index (χ0n) is 8.37. The van der Waals surface area contributed by atoms with Crippen LogP contribution in [0.4, 0.5) is 4.39 Å². The molecular formula is C10H10BrFN4. The number of hydrogen-bond acceptors (Lipinski definition) is 3. The van der Waals surface area contributed by atoms with Gasteiger partial charge in [0.05, 0.1) is 6.54 Å². The SMILES string of the molecule is Fc1ccc(Br)cc1CNCc1ncn[nH]1. The Labute approximate surface area is 100 Å². The molecule has 0 unspecified atom stereocenters. The molecule has 0 aliphatic heterocycles. The van der Waals surface area contributed by atoms with E-state index in [9.17, 15) is 4.39 Å². The molecular weight excluding hydrogens is 275 g/mol. The lowest BCUT2D eigenvalue weighted by atomic mass is 10.2. The Morgan fingerprint density at radius 1 is 1.38 bits per heavy atom. The average molecular weight is 285 g/mol. The van der Waals surface area contributed by atoms with Crippen molar-refractivity contribution in [3.8, 4) is 0 Å². The molecule has 2 rings (SSSR count). The van der Waals surface area contributed by atoms with Gasteiger partial charge in [-0.05, 0) is 18.2 Å². The molecule has 2 aromatic rings. The van der Waals surface area contributed by atoms with Gasteiger partial charge in [0, 0.05) is 16.6 Å². The third-order valence-corrected chi connectivity index (χ3v) is 2.57. The second-order valence-corrected chi connectivity index (χ2v) is 4.19. The van der Waals surface area contributed by atoms with Crippen molar-refractivity contribution < 1.29 is 4.39 Å². The maximum atomic E-state index is 13.3. The van der Waals surface area contributed by atoms with E-state index in [0.29, 0.717) is 18.7 Å².